The molecule has 0 fully saturated rings. The van der Waals surface area contributed by atoms with Gasteiger partial charge < -0.3 is 19.5 Å². The summed E-state index contributed by atoms with van der Waals surface area (Å²) in [5.41, 5.74) is 0.180. The minimum absolute atomic E-state index is 0.118. The van der Waals surface area contributed by atoms with E-state index in [9.17, 15) is 17.6 Å². The summed E-state index contributed by atoms with van der Waals surface area (Å²) in [6.07, 6.45) is 1.23. The van der Waals surface area contributed by atoms with E-state index in [1.807, 2.05) is 0 Å². The molecule has 0 bridgehead atoms. The molecule has 11 heteroatoms. The fourth-order valence-electron chi connectivity index (χ4n) is 2.66. The number of aromatic nitrogens is 2. The Morgan fingerprint density at radius 1 is 1.19 bits per heavy atom. The van der Waals surface area contributed by atoms with Crippen molar-refractivity contribution in [2.24, 2.45) is 0 Å². The standard InChI is InChI=1S/C20H20FN3O6S/c1-12(11-28-2)29-14-7-13(20(25)23-19-5-6-22-24-19)8-15(9-14)30-18-4-3-16(31(26)27)10-17(18)21/h3-10,12,31H,11H2,1-2H3,(H2,22,23,24,25). The summed E-state index contributed by atoms with van der Waals surface area (Å²) in [5.74, 6) is -0.818. The maximum Gasteiger partial charge on any atom is 0.257 e. The first-order valence-electron chi connectivity index (χ1n) is 9.09. The Balaban J connectivity index is 1.91. The number of halogens is 1. The lowest BCUT2D eigenvalue weighted by Gasteiger charge is -2.16. The van der Waals surface area contributed by atoms with Crippen LogP contribution in [0.5, 0.6) is 17.2 Å². The second-order valence-corrected chi connectivity index (χ2v) is 7.50. The molecule has 2 aromatic carbocycles. The van der Waals surface area contributed by atoms with Gasteiger partial charge in [0.2, 0.25) is 0 Å². The summed E-state index contributed by atoms with van der Waals surface area (Å²) in [6, 6.07) is 9.23. The lowest BCUT2D eigenvalue weighted by Crippen LogP contribution is -2.18. The number of amides is 1. The van der Waals surface area contributed by atoms with Crippen molar-refractivity contribution in [2.45, 2.75) is 17.9 Å². The van der Waals surface area contributed by atoms with Crippen LogP contribution in [0.4, 0.5) is 10.2 Å². The average molecular weight is 449 g/mol. The molecule has 31 heavy (non-hydrogen) atoms. The van der Waals surface area contributed by atoms with Gasteiger partial charge in [-0.1, -0.05) is 0 Å². The molecule has 164 valence electrons. The molecule has 0 aliphatic carbocycles. The first-order valence-corrected chi connectivity index (χ1v) is 10.3. The zero-order valence-electron chi connectivity index (χ0n) is 16.6. The van der Waals surface area contributed by atoms with Crippen molar-refractivity contribution < 1.29 is 31.8 Å². The minimum atomic E-state index is -2.93. The lowest BCUT2D eigenvalue weighted by atomic mass is 10.2. The van der Waals surface area contributed by atoms with Crippen LogP contribution in [0, 0.1) is 5.82 Å². The maximum absolute atomic E-state index is 14.3. The van der Waals surface area contributed by atoms with E-state index in [1.54, 1.807) is 19.2 Å². The number of ether oxygens (including phenoxy) is 3. The Bertz CT molecular complexity index is 1130. The number of methoxy groups -OCH3 is 1. The Kier molecular flexibility index (Phi) is 7.21. The first-order chi connectivity index (χ1) is 14.9. The highest BCUT2D eigenvalue weighted by atomic mass is 32.2. The number of rotatable bonds is 9. The van der Waals surface area contributed by atoms with Gasteiger partial charge in [-0.05, 0) is 37.3 Å². The normalized spacial score (nSPS) is 11.9. The van der Waals surface area contributed by atoms with Crippen molar-refractivity contribution >= 4 is 22.4 Å². The number of nitrogens with one attached hydrogen (secondary N) is 2. The van der Waals surface area contributed by atoms with Crippen LogP contribution in [0.15, 0.2) is 53.6 Å². The van der Waals surface area contributed by atoms with Gasteiger partial charge in [0.15, 0.2) is 28.1 Å². The number of thiol groups is 1. The van der Waals surface area contributed by atoms with Gasteiger partial charge in [-0.3, -0.25) is 9.89 Å². The molecule has 0 aliphatic heterocycles. The highest BCUT2D eigenvalue weighted by molar-refractivity contribution is 7.72. The van der Waals surface area contributed by atoms with Gasteiger partial charge >= 0.3 is 0 Å². The highest BCUT2D eigenvalue weighted by Crippen LogP contribution is 2.30. The van der Waals surface area contributed by atoms with Gasteiger partial charge in [0.25, 0.3) is 5.91 Å². The molecular formula is C20H20FN3O6S. The number of hydrogen-bond acceptors (Lipinski definition) is 7. The number of carbonyl (C=O) groups excluding carboxylic acids is 1. The van der Waals surface area contributed by atoms with Crippen LogP contribution in [0.25, 0.3) is 0 Å². The van der Waals surface area contributed by atoms with E-state index in [2.05, 4.69) is 15.5 Å². The molecular weight excluding hydrogens is 429 g/mol. The van der Waals surface area contributed by atoms with Crippen molar-refractivity contribution in [1.29, 1.82) is 0 Å². The van der Waals surface area contributed by atoms with Gasteiger partial charge in [-0.2, -0.15) is 5.10 Å². The Morgan fingerprint density at radius 3 is 2.61 bits per heavy atom. The monoisotopic (exact) mass is 449 g/mol. The van der Waals surface area contributed by atoms with E-state index in [0.717, 1.165) is 6.07 Å². The van der Waals surface area contributed by atoms with Crippen LogP contribution >= 0.6 is 0 Å². The predicted molar refractivity (Wildman–Crippen MR) is 110 cm³/mol. The van der Waals surface area contributed by atoms with Crippen molar-refractivity contribution in [1.82, 2.24) is 10.2 Å². The van der Waals surface area contributed by atoms with Gasteiger partial charge in [0, 0.05) is 31.0 Å². The number of nitrogens with zero attached hydrogens (tertiary/aromatic N) is 1. The van der Waals surface area contributed by atoms with Gasteiger partial charge in [-0.25, -0.2) is 12.8 Å². The second-order valence-electron chi connectivity index (χ2n) is 6.46. The van der Waals surface area contributed by atoms with Gasteiger partial charge in [0.05, 0.1) is 11.5 Å². The third-order valence-corrected chi connectivity index (χ3v) is 4.68. The Morgan fingerprint density at radius 2 is 1.97 bits per heavy atom. The fourth-order valence-corrected chi connectivity index (χ4v) is 3.08. The van der Waals surface area contributed by atoms with Gasteiger partial charge in [0.1, 0.15) is 17.6 Å². The number of anilines is 1. The lowest BCUT2D eigenvalue weighted by molar-refractivity contribution is 0.0915. The van der Waals surface area contributed by atoms with Gasteiger partial charge in [-0.15, -0.1) is 0 Å². The summed E-state index contributed by atoms with van der Waals surface area (Å²) in [7, 11) is -1.39. The molecule has 1 atom stereocenters. The molecule has 0 spiro atoms. The topological polar surface area (TPSA) is 120 Å². The third-order valence-electron chi connectivity index (χ3n) is 3.98. The zero-order valence-corrected chi connectivity index (χ0v) is 17.5. The van der Waals surface area contributed by atoms with E-state index in [0.29, 0.717) is 18.2 Å². The highest BCUT2D eigenvalue weighted by Gasteiger charge is 2.15. The number of carbonyl (C=O) groups is 1. The smallest absolute Gasteiger partial charge is 0.257 e. The Hall–Kier alpha value is -3.44. The van der Waals surface area contributed by atoms with Crippen LogP contribution in [-0.2, 0) is 15.4 Å². The molecule has 1 unspecified atom stereocenters. The SMILES string of the molecule is COCC(C)Oc1cc(Oc2ccc([SH](=O)=O)cc2F)cc(C(=O)Nc2cc[nH]n2)c1. The first kappa shape index (κ1) is 22.2. The van der Waals surface area contributed by atoms with Crippen molar-refractivity contribution in [3.8, 4) is 17.2 Å². The minimum Gasteiger partial charge on any atom is -0.488 e. The van der Waals surface area contributed by atoms with Crippen LogP contribution in [-0.4, -0.2) is 44.3 Å². The molecule has 1 heterocycles. The summed E-state index contributed by atoms with van der Waals surface area (Å²) in [4.78, 5) is 12.4. The van der Waals surface area contributed by atoms with Crippen LogP contribution < -0.4 is 14.8 Å². The quantitative estimate of drug-likeness (QED) is 0.430. The fraction of sp³-hybridized carbons (Fsp3) is 0.200. The Labute approximate surface area is 179 Å². The molecule has 1 amide bonds. The van der Waals surface area contributed by atoms with Crippen LogP contribution in [0.1, 0.15) is 17.3 Å². The third kappa shape index (κ3) is 6.03. The van der Waals surface area contributed by atoms with E-state index in [-0.39, 0.29) is 28.1 Å². The number of H-pyrrole nitrogens is 1. The number of aromatic amines is 1. The molecule has 0 aliphatic rings. The van der Waals surface area contributed by atoms with Crippen LogP contribution in [0.3, 0.4) is 0 Å². The summed E-state index contributed by atoms with van der Waals surface area (Å²) >= 11 is 0. The van der Waals surface area contributed by atoms with Crippen LogP contribution in [0.2, 0.25) is 0 Å². The van der Waals surface area contributed by atoms with E-state index in [4.69, 9.17) is 14.2 Å². The van der Waals surface area contributed by atoms with Crippen molar-refractivity contribution in [3.05, 3.63) is 60.0 Å². The molecule has 3 aromatic rings. The molecule has 2 N–H and O–H groups in total. The maximum atomic E-state index is 14.3. The molecule has 0 radical (unpaired) electrons. The van der Waals surface area contributed by atoms with E-state index in [1.165, 1.54) is 37.4 Å². The predicted octanol–water partition coefficient (Wildman–Crippen LogP) is 2.98. The average Bonchev–Trinajstić information content (AvgIpc) is 3.22. The zero-order chi connectivity index (χ0) is 22.4. The number of hydrogen-bond donors (Lipinski definition) is 3. The van der Waals surface area contributed by atoms with Crippen molar-refractivity contribution in [2.75, 3.05) is 19.0 Å². The summed E-state index contributed by atoms with van der Waals surface area (Å²) in [6.45, 7) is 2.09. The molecule has 9 nitrogen and oxygen atoms in total. The summed E-state index contributed by atoms with van der Waals surface area (Å²) in [5, 5.41) is 9.06. The number of benzene rings is 2. The van der Waals surface area contributed by atoms with E-state index >= 15 is 0 Å². The molecule has 0 saturated heterocycles. The van der Waals surface area contributed by atoms with E-state index < -0.39 is 22.4 Å². The molecule has 0 saturated carbocycles. The second kappa shape index (κ2) is 10.0. The van der Waals surface area contributed by atoms with Crippen molar-refractivity contribution in [3.63, 3.8) is 0 Å². The molecule has 3 rings (SSSR count). The summed E-state index contributed by atoms with van der Waals surface area (Å²) < 4.78 is 52.7. The largest absolute Gasteiger partial charge is 0.488 e. The molecule has 1 aromatic heterocycles.